The molecule has 0 unspecified atom stereocenters. The van der Waals surface area contributed by atoms with Gasteiger partial charge in [-0.3, -0.25) is 14.9 Å². The molecular formula is C19H15Cl2N7O2. The number of aromatic nitrogens is 4. The van der Waals surface area contributed by atoms with Crippen molar-refractivity contribution in [1.82, 2.24) is 24.9 Å². The fourth-order valence-corrected chi connectivity index (χ4v) is 3.55. The van der Waals surface area contributed by atoms with Crippen molar-refractivity contribution >= 4 is 64.2 Å². The minimum absolute atomic E-state index is 0.0333. The van der Waals surface area contributed by atoms with Crippen LogP contribution in [0.2, 0.25) is 10.0 Å². The summed E-state index contributed by atoms with van der Waals surface area (Å²) in [6, 6.07) is 3.78. The molecule has 3 aromatic heterocycles. The highest BCUT2D eigenvalue weighted by Gasteiger charge is 2.26. The first kappa shape index (κ1) is 18.8. The average molecular weight is 444 g/mol. The highest BCUT2D eigenvalue weighted by atomic mass is 35.5. The number of carbonyl (C=O) groups excluding carboxylic acids is 2. The molecule has 1 aliphatic carbocycles. The van der Waals surface area contributed by atoms with Crippen molar-refractivity contribution in [3.63, 3.8) is 0 Å². The summed E-state index contributed by atoms with van der Waals surface area (Å²) in [6.07, 6.45) is 6.93. The monoisotopic (exact) mass is 443 g/mol. The maximum Gasteiger partial charge on any atom is 0.254 e. The Bertz CT molecular complexity index is 1230. The Hall–Kier alpha value is -3.17. The zero-order chi connectivity index (χ0) is 20.8. The summed E-state index contributed by atoms with van der Waals surface area (Å²) < 4.78 is 1.67. The molecule has 0 bridgehead atoms. The van der Waals surface area contributed by atoms with E-state index in [0.29, 0.717) is 44.5 Å². The van der Waals surface area contributed by atoms with Crippen LogP contribution in [-0.4, -0.2) is 37.4 Å². The first-order valence-corrected chi connectivity index (χ1v) is 10.00. The van der Waals surface area contributed by atoms with Gasteiger partial charge in [0.25, 0.3) is 5.91 Å². The van der Waals surface area contributed by atoms with Gasteiger partial charge in [0, 0.05) is 29.4 Å². The summed E-state index contributed by atoms with van der Waals surface area (Å²) in [4.78, 5) is 32.3. The molecule has 30 heavy (non-hydrogen) atoms. The number of anilines is 3. The molecule has 0 atom stereocenters. The van der Waals surface area contributed by atoms with Crippen LogP contribution in [0.25, 0.3) is 11.7 Å². The molecule has 2 fully saturated rings. The Morgan fingerprint density at radius 2 is 2.03 bits per heavy atom. The van der Waals surface area contributed by atoms with Gasteiger partial charge in [-0.1, -0.05) is 23.2 Å². The molecule has 152 valence electrons. The van der Waals surface area contributed by atoms with Gasteiger partial charge >= 0.3 is 0 Å². The SMILES string of the molecule is O=C1C/C(=C\c2cnn3c(NC4CC4)cc(Nc4ncc(Cl)cc4Cl)nc23)C(=O)N1. The molecule has 0 spiro atoms. The number of fused-ring (bicyclic) bond motifs is 1. The van der Waals surface area contributed by atoms with Gasteiger partial charge in [0.1, 0.15) is 17.5 Å². The lowest BCUT2D eigenvalue weighted by molar-refractivity contribution is -0.124. The largest absolute Gasteiger partial charge is 0.367 e. The van der Waals surface area contributed by atoms with Crippen LogP contribution in [0.5, 0.6) is 0 Å². The minimum atomic E-state index is -0.401. The van der Waals surface area contributed by atoms with Gasteiger partial charge in [-0.15, -0.1) is 0 Å². The van der Waals surface area contributed by atoms with Gasteiger partial charge < -0.3 is 10.6 Å². The van der Waals surface area contributed by atoms with Crippen LogP contribution in [0.3, 0.4) is 0 Å². The summed E-state index contributed by atoms with van der Waals surface area (Å²) in [5.74, 6) is 0.927. The second-order valence-corrected chi connectivity index (χ2v) is 7.96. The molecule has 3 N–H and O–H groups in total. The molecule has 4 heterocycles. The third kappa shape index (κ3) is 3.69. The van der Waals surface area contributed by atoms with Crippen molar-refractivity contribution in [2.24, 2.45) is 0 Å². The van der Waals surface area contributed by atoms with Crippen LogP contribution in [0.15, 0.2) is 30.1 Å². The number of pyridine rings is 1. The van der Waals surface area contributed by atoms with Gasteiger partial charge in [0.05, 0.1) is 22.7 Å². The maximum atomic E-state index is 11.9. The van der Waals surface area contributed by atoms with Crippen molar-refractivity contribution < 1.29 is 9.59 Å². The van der Waals surface area contributed by atoms with E-state index in [-0.39, 0.29) is 12.3 Å². The van der Waals surface area contributed by atoms with Gasteiger partial charge in [-0.25, -0.2) is 9.97 Å². The third-order valence-electron chi connectivity index (χ3n) is 4.71. The molecule has 1 saturated carbocycles. The highest BCUT2D eigenvalue weighted by molar-refractivity contribution is 6.36. The van der Waals surface area contributed by atoms with Crippen molar-refractivity contribution in [1.29, 1.82) is 0 Å². The first-order valence-electron chi connectivity index (χ1n) is 9.24. The Balaban J connectivity index is 1.58. The summed E-state index contributed by atoms with van der Waals surface area (Å²) in [5, 5.41) is 14.0. The second-order valence-electron chi connectivity index (χ2n) is 7.11. The molecule has 9 nitrogen and oxygen atoms in total. The van der Waals surface area contributed by atoms with E-state index in [1.54, 1.807) is 22.9 Å². The number of nitrogens with zero attached hydrogens (tertiary/aromatic N) is 4. The first-order chi connectivity index (χ1) is 14.5. The highest BCUT2D eigenvalue weighted by Crippen LogP contribution is 2.30. The number of hydrogen-bond acceptors (Lipinski definition) is 7. The summed E-state index contributed by atoms with van der Waals surface area (Å²) in [5.41, 5.74) is 1.51. The van der Waals surface area contributed by atoms with E-state index in [0.717, 1.165) is 18.7 Å². The van der Waals surface area contributed by atoms with Gasteiger partial charge in [-0.05, 0) is 25.0 Å². The Kier molecular flexibility index (Phi) is 4.56. The van der Waals surface area contributed by atoms with Crippen LogP contribution >= 0.6 is 23.2 Å². The minimum Gasteiger partial charge on any atom is -0.367 e. The summed E-state index contributed by atoms with van der Waals surface area (Å²) >= 11 is 12.2. The normalized spacial score (nSPS) is 17.6. The van der Waals surface area contributed by atoms with E-state index in [2.05, 4.69) is 31.0 Å². The van der Waals surface area contributed by atoms with E-state index in [9.17, 15) is 9.59 Å². The Morgan fingerprint density at radius 1 is 1.20 bits per heavy atom. The molecule has 0 radical (unpaired) electrons. The second kappa shape index (κ2) is 7.26. The predicted octanol–water partition coefficient (Wildman–Crippen LogP) is 3.18. The van der Waals surface area contributed by atoms with Crippen LogP contribution in [-0.2, 0) is 9.59 Å². The third-order valence-corrected chi connectivity index (χ3v) is 5.20. The molecule has 2 amide bonds. The molecule has 5 rings (SSSR count). The average Bonchev–Trinajstić information content (AvgIpc) is 3.33. The van der Waals surface area contributed by atoms with Gasteiger partial charge in [0.2, 0.25) is 5.91 Å². The van der Waals surface area contributed by atoms with Crippen LogP contribution in [0, 0.1) is 0 Å². The summed E-state index contributed by atoms with van der Waals surface area (Å²) in [6.45, 7) is 0. The zero-order valence-corrected chi connectivity index (χ0v) is 17.0. The quantitative estimate of drug-likeness (QED) is 0.409. The van der Waals surface area contributed by atoms with Crippen molar-refractivity contribution in [2.75, 3.05) is 10.6 Å². The van der Waals surface area contributed by atoms with E-state index < -0.39 is 5.91 Å². The summed E-state index contributed by atoms with van der Waals surface area (Å²) in [7, 11) is 0. The number of rotatable bonds is 5. The zero-order valence-electron chi connectivity index (χ0n) is 15.4. The number of halogens is 2. The molecule has 0 aromatic carbocycles. The number of carbonyl (C=O) groups is 2. The van der Waals surface area contributed by atoms with Crippen LogP contribution in [0.1, 0.15) is 24.8 Å². The smallest absolute Gasteiger partial charge is 0.254 e. The topological polar surface area (TPSA) is 113 Å². The van der Waals surface area contributed by atoms with Crippen LogP contribution < -0.4 is 16.0 Å². The van der Waals surface area contributed by atoms with E-state index in [4.69, 9.17) is 23.2 Å². The molecule has 2 aliphatic rings. The predicted molar refractivity (Wildman–Crippen MR) is 113 cm³/mol. The lowest BCUT2D eigenvalue weighted by Crippen LogP contribution is -2.19. The fourth-order valence-electron chi connectivity index (χ4n) is 3.12. The lowest BCUT2D eigenvalue weighted by atomic mass is 10.1. The van der Waals surface area contributed by atoms with Crippen molar-refractivity contribution in [3.8, 4) is 0 Å². The lowest BCUT2D eigenvalue weighted by Gasteiger charge is -2.12. The maximum absolute atomic E-state index is 11.9. The molecular weight excluding hydrogens is 429 g/mol. The number of nitrogens with one attached hydrogen (secondary N) is 3. The molecule has 11 heteroatoms. The van der Waals surface area contributed by atoms with Crippen molar-refractivity contribution in [3.05, 3.63) is 45.7 Å². The van der Waals surface area contributed by atoms with E-state index >= 15 is 0 Å². The van der Waals surface area contributed by atoms with Crippen molar-refractivity contribution in [2.45, 2.75) is 25.3 Å². The molecule has 1 saturated heterocycles. The van der Waals surface area contributed by atoms with E-state index in [1.165, 1.54) is 6.20 Å². The number of amides is 2. The number of hydrogen-bond donors (Lipinski definition) is 3. The fraction of sp³-hybridized carbons (Fsp3) is 0.211. The number of imide groups is 1. The van der Waals surface area contributed by atoms with Gasteiger partial charge in [-0.2, -0.15) is 9.61 Å². The Morgan fingerprint density at radius 3 is 2.73 bits per heavy atom. The Labute approximate surface area is 180 Å². The molecule has 3 aromatic rings. The van der Waals surface area contributed by atoms with Crippen LogP contribution in [0.4, 0.5) is 17.5 Å². The van der Waals surface area contributed by atoms with E-state index in [1.807, 2.05) is 6.07 Å². The van der Waals surface area contributed by atoms with Gasteiger partial charge in [0.15, 0.2) is 5.65 Å². The standard InChI is InChI=1S/C19H15Cl2N7O2/c20-11-5-13(21)17(22-8-11)25-14-6-15(24-12-1-2-12)28-18(26-14)10(7-23-28)3-9-4-16(29)27-19(9)30/h3,5-8,12,24H,1-2,4H2,(H,22,25,26)(H,27,29,30)/b9-3+. The molecule has 1 aliphatic heterocycles.